The monoisotopic (exact) mass is 372 g/mol. The van der Waals surface area contributed by atoms with Gasteiger partial charge in [0.05, 0.1) is 11.9 Å². The highest BCUT2D eigenvalue weighted by Crippen LogP contribution is 2.44. The topological polar surface area (TPSA) is 83.9 Å². The van der Waals surface area contributed by atoms with Crippen LogP contribution in [0.25, 0.3) is 22.8 Å². The van der Waals surface area contributed by atoms with Gasteiger partial charge in [-0.25, -0.2) is 15.0 Å². The van der Waals surface area contributed by atoms with Crippen molar-refractivity contribution in [2.24, 2.45) is 0 Å². The summed E-state index contributed by atoms with van der Waals surface area (Å²) in [5, 5.41) is 3.01. The van der Waals surface area contributed by atoms with E-state index in [9.17, 15) is 4.79 Å². The summed E-state index contributed by atoms with van der Waals surface area (Å²) in [5.74, 6) is 1.33. The van der Waals surface area contributed by atoms with E-state index in [0.29, 0.717) is 17.2 Å². The largest absolute Gasteiger partial charge is 0.340 e. The van der Waals surface area contributed by atoms with Crippen molar-refractivity contribution < 1.29 is 4.79 Å². The molecule has 0 spiro atoms. The predicted molar refractivity (Wildman–Crippen MR) is 107 cm³/mol. The molecule has 1 atom stereocenters. The molecule has 0 bridgehead atoms. The molecule has 0 aliphatic carbocycles. The first-order valence-electron chi connectivity index (χ1n) is 9.56. The number of benzene rings is 1. The fourth-order valence-corrected chi connectivity index (χ4v) is 4.28. The van der Waals surface area contributed by atoms with Crippen LogP contribution >= 0.6 is 0 Å². The summed E-state index contributed by atoms with van der Waals surface area (Å²) < 4.78 is 0. The van der Waals surface area contributed by atoms with Crippen LogP contribution in [0.4, 0.5) is 11.5 Å². The number of anilines is 2. The highest BCUT2D eigenvalue weighted by atomic mass is 16.2. The fraction of sp³-hybridized carbons (Fsp3) is 0.286. The zero-order chi connectivity index (χ0) is 19.1. The van der Waals surface area contributed by atoms with Crippen LogP contribution in [0.15, 0.2) is 48.9 Å². The summed E-state index contributed by atoms with van der Waals surface area (Å²) >= 11 is 0. The summed E-state index contributed by atoms with van der Waals surface area (Å²) in [7, 11) is 0. The highest BCUT2D eigenvalue weighted by Gasteiger charge is 2.50. The fourth-order valence-electron chi connectivity index (χ4n) is 4.28. The Labute approximate surface area is 162 Å². The first kappa shape index (κ1) is 16.8. The van der Waals surface area contributed by atoms with Crippen LogP contribution in [-0.4, -0.2) is 37.9 Å². The number of carbonyl (C=O) groups is 1. The molecule has 7 nitrogen and oxygen atoms in total. The first-order chi connectivity index (χ1) is 13.7. The molecule has 4 heterocycles. The van der Waals surface area contributed by atoms with Gasteiger partial charge in [0.1, 0.15) is 16.9 Å². The molecular formula is C21H20N6O. The van der Waals surface area contributed by atoms with Crippen molar-refractivity contribution in [1.82, 2.24) is 19.9 Å². The number of aromatic nitrogens is 4. The highest BCUT2D eigenvalue weighted by molar-refractivity contribution is 6.06. The van der Waals surface area contributed by atoms with Crippen molar-refractivity contribution in [1.29, 1.82) is 0 Å². The Morgan fingerprint density at radius 1 is 1.11 bits per heavy atom. The molecule has 2 aliphatic rings. The average Bonchev–Trinajstić information content (AvgIpc) is 3.21. The van der Waals surface area contributed by atoms with Gasteiger partial charge < -0.3 is 10.2 Å². The van der Waals surface area contributed by atoms with Crippen LogP contribution in [0.3, 0.4) is 0 Å². The van der Waals surface area contributed by atoms with Crippen molar-refractivity contribution in [2.75, 3.05) is 16.8 Å². The van der Waals surface area contributed by atoms with Crippen molar-refractivity contribution >= 4 is 17.4 Å². The third-order valence-corrected chi connectivity index (χ3v) is 5.73. The zero-order valence-electron chi connectivity index (χ0n) is 15.6. The molecule has 1 saturated heterocycles. The number of hydrogen-bond donors (Lipinski definition) is 1. The van der Waals surface area contributed by atoms with E-state index >= 15 is 0 Å². The standard InChI is InChI=1S/C21H20N6O/c1-2-21-9-6-12-27(21)19-15(25-20(21)28)13-24-18(26-19)17-16(22-10-11-23-17)14-7-4-3-5-8-14/h3-5,7-8,10-11,13H,2,6,9,12H2,1H3,(H,25,28). The lowest BCUT2D eigenvalue weighted by atomic mass is 9.90. The molecule has 28 heavy (non-hydrogen) atoms. The van der Waals surface area contributed by atoms with E-state index in [0.717, 1.165) is 42.9 Å². The number of nitrogens with one attached hydrogen (secondary N) is 1. The predicted octanol–water partition coefficient (Wildman–Crippen LogP) is 3.30. The number of amides is 1. The zero-order valence-corrected chi connectivity index (χ0v) is 15.6. The van der Waals surface area contributed by atoms with Gasteiger partial charge in [0.15, 0.2) is 11.6 Å². The summed E-state index contributed by atoms with van der Waals surface area (Å²) in [6, 6.07) is 9.90. The van der Waals surface area contributed by atoms with Crippen LogP contribution < -0.4 is 10.2 Å². The number of carbonyl (C=O) groups excluding carboxylic acids is 1. The maximum absolute atomic E-state index is 12.8. The molecule has 2 aromatic heterocycles. The molecule has 5 rings (SSSR count). The molecule has 2 aliphatic heterocycles. The van der Waals surface area contributed by atoms with Gasteiger partial charge in [-0.1, -0.05) is 37.3 Å². The van der Waals surface area contributed by atoms with Crippen LogP contribution in [0.5, 0.6) is 0 Å². The Bertz CT molecular complexity index is 1050. The van der Waals surface area contributed by atoms with Gasteiger partial charge in [0.2, 0.25) is 5.91 Å². The van der Waals surface area contributed by atoms with E-state index in [4.69, 9.17) is 4.98 Å². The normalized spacial score (nSPS) is 20.5. The van der Waals surface area contributed by atoms with Gasteiger partial charge in [0, 0.05) is 24.5 Å². The molecule has 7 heteroatoms. The third kappa shape index (κ3) is 2.39. The van der Waals surface area contributed by atoms with Crippen LogP contribution in [0.2, 0.25) is 0 Å². The van der Waals surface area contributed by atoms with Crippen LogP contribution in [0, 0.1) is 0 Å². The molecule has 0 radical (unpaired) electrons. The lowest BCUT2D eigenvalue weighted by Gasteiger charge is -2.41. The second-order valence-electron chi connectivity index (χ2n) is 7.14. The van der Waals surface area contributed by atoms with Gasteiger partial charge in [0.25, 0.3) is 0 Å². The molecule has 140 valence electrons. The number of fused-ring (bicyclic) bond motifs is 3. The molecule has 1 N–H and O–H groups in total. The molecular weight excluding hydrogens is 352 g/mol. The molecule has 3 aromatic rings. The first-order valence-corrected chi connectivity index (χ1v) is 9.56. The van der Waals surface area contributed by atoms with E-state index < -0.39 is 5.54 Å². The summed E-state index contributed by atoms with van der Waals surface area (Å²) in [4.78, 5) is 33.3. The van der Waals surface area contributed by atoms with Crippen molar-refractivity contribution in [3.05, 3.63) is 48.9 Å². The minimum Gasteiger partial charge on any atom is -0.340 e. The van der Waals surface area contributed by atoms with Crippen LogP contribution in [0.1, 0.15) is 26.2 Å². The molecule has 0 saturated carbocycles. The van der Waals surface area contributed by atoms with Gasteiger partial charge in [-0.15, -0.1) is 0 Å². The maximum atomic E-state index is 12.8. The molecule has 1 unspecified atom stereocenters. The Morgan fingerprint density at radius 3 is 2.68 bits per heavy atom. The second-order valence-corrected chi connectivity index (χ2v) is 7.14. The molecule has 1 fully saturated rings. The average molecular weight is 372 g/mol. The van der Waals surface area contributed by atoms with Gasteiger partial charge >= 0.3 is 0 Å². The van der Waals surface area contributed by atoms with E-state index in [-0.39, 0.29) is 5.91 Å². The summed E-state index contributed by atoms with van der Waals surface area (Å²) in [6.07, 6.45) is 7.56. The summed E-state index contributed by atoms with van der Waals surface area (Å²) in [5.41, 5.74) is 2.48. The number of hydrogen-bond acceptors (Lipinski definition) is 6. The lowest BCUT2D eigenvalue weighted by Crippen LogP contribution is -2.56. The Morgan fingerprint density at radius 2 is 1.89 bits per heavy atom. The minimum atomic E-state index is -0.511. The second kappa shape index (κ2) is 6.37. The van der Waals surface area contributed by atoms with Gasteiger partial charge in [-0.05, 0) is 19.3 Å². The number of rotatable bonds is 3. The maximum Gasteiger partial charge on any atom is 0.250 e. The SMILES string of the molecule is CCC12CCCN1c1nc(-c3nccnc3-c3ccccc3)ncc1NC2=O. The molecule has 1 amide bonds. The van der Waals surface area contributed by atoms with E-state index in [1.807, 2.05) is 30.3 Å². The van der Waals surface area contributed by atoms with Crippen LogP contribution in [-0.2, 0) is 4.79 Å². The van der Waals surface area contributed by atoms with Gasteiger partial charge in [-0.3, -0.25) is 9.78 Å². The quantitative estimate of drug-likeness (QED) is 0.759. The van der Waals surface area contributed by atoms with Crippen molar-refractivity contribution in [3.8, 4) is 22.8 Å². The van der Waals surface area contributed by atoms with Gasteiger partial charge in [-0.2, -0.15) is 0 Å². The van der Waals surface area contributed by atoms with Crippen molar-refractivity contribution in [2.45, 2.75) is 31.7 Å². The number of nitrogens with zero attached hydrogens (tertiary/aromatic N) is 5. The van der Waals surface area contributed by atoms with E-state index in [1.165, 1.54) is 0 Å². The smallest absolute Gasteiger partial charge is 0.250 e. The third-order valence-electron chi connectivity index (χ3n) is 5.73. The van der Waals surface area contributed by atoms with E-state index in [1.54, 1.807) is 18.6 Å². The Hall–Kier alpha value is -3.35. The Kier molecular flexibility index (Phi) is 3.82. The van der Waals surface area contributed by atoms with Crippen molar-refractivity contribution in [3.63, 3.8) is 0 Å². The summed E-state index contributed by atoms with van der Waals surface area (Å²) in [6.45, 7) is 2.87. The Balaban J connectivity index is 1.64. The lowest BCUT2D eigenvalue weighted by molar-refractivity contribution is -0.121. The van der Waals surface area contributed by atoms with E-state index in [2.05, 4.69) is 32.1 Å². The minimum absolute atomic E-state index is 0.0424. The molecule has 1 aromatic carbocycles.